The number of methoxy groups -OCH3 is 1. The second-order valence-corrected chi connectivity index (χ2v) is 2.66. The summed E-state index contributed by atoms with van der Waals surface area (Å²) in [5.74, 6) is 0.537. The van der Waals surface area contributed by atoms with Crippen molar-refractivity contribution in [3.8, 4) is 5.95 Å². The minimum absolute atomic E-state index is 0.508. The lowest BCUT2D eigenvalue weighted by molar-refractivity contribution is 0.172. The van der Waals surface area contributed by atoms with Crippen LogP contribution < -0.4 is 10.5 Å². The normalized spacial score (nSPS) is 10.3. The molecule has 2 N–H and O–H groups in total. The van der Waals surface area contributed by atoms with Crippen LogP contribution in [-0.2, 0) is 11.3 Å². The molecule has 0 unspecified atom stereocenters. The third kappa shape index (κ3) is 3.08. The Morgan fingerprint density at radius 2 is 2.38 bits per heavy atom. The van der Waals surface area contributed by atoms with Gasteiger partial charge in [0, 0.05) is 7.11 Å². The topological polar surface area (TPSA) is 57.6 Å². The smallest absolute Gasteiger partial charge is 0.289 e. The van der Waals surface area contributed by atoms with Crippen LogP contribution >= 0.6 is 0 Å². The van der Waals surface area contributed by atoms with E-state index in [-0.39, 0.29) is 0 Å². The molecule has 4 nitrogen and oxygen atoms in total. The number of rotatable bonds is 6. The lowest BCUT2D eigenvalue weighted by atomic mass is 10.3. The van der Waals surface area contributed by atoms with Gasteiger partial charge >= 0.3 is 0 Å². The molecule has 0 aliphatic rings. The molecule has 1 heterocycles. The summed E-state index contributed by atoms with van der Waals surface area (Å²) in [5, 5.41) is 0. The summed E-state index contributed by atoms with van der Waals surface area (Å²) in [7, 11) is 1.64. The monoisotopic (exact) mass is 185 g/mol. The van der Waals surface area contributed by atoms with Crippen molar-refractivity contribution in [1.82, 2.24) is 0 Å². The summed E-state index contributed by atoms with van der Waals surface area (Å²) in [6.07, 6.45) is 2.42. The van der Waals surface area contributed by atoms with Gasteiger partial charge in [0.2, 0.25) is 0 Å². The van der Waals surface area contributed by atoms with Crippen LogP contribution in [0.5, 0.6) is 5.95 Å². The van der Waals surface area contributed by atoms with E-state index in [9.17, 15) is 0 Å². The van der Waals surface area contributed by atoms with Crippen molar-refractivity contribution in [3.63, 3.8) is 0 Å². The molecule has 0 aromatic carbocycles. The van der Waals surface area contributed by atoms with Crippen LogP contribution in [0.25, 0.3) is 0 Å². The van der Waals surface area contributed by atoms with E-state index in [1.807, 2.05) is 6.07 Å². The van der Waals surface area contributed by atoms with Crippen molar-refractivity contribution in [3.05, 3.63) is 17.9 Å². The molecule has 0 saturated carbocycles. The van der Waals surface area contributed by atoms with E-state index in [1.165, 1.54) is 0 Å². The maximum absolute atomic E-state index is 5.34. The Balaban J connectivity index is 2.40. The molecule has 0 aliphatic carbocycles. The molecule has 13 heavy (non-hydrogen) atoms. The molecular weight excluding hydrogens is 170 g/mol. The highest BCUT2D eigenvalue weighted by Crippen LogP contribution is 2.20. The van der Waals surface area contributed by atoms with Gasteiger partial charge in [0.15, 0.2) is 0 Å². The average molecular weight is 185 g/mol. The second kappa shape index (κ2) is 5.61. The van der Waals surface area contributed by atoms with Crippen molar-refractivity contribution >= 4 is 0 Å². The third-order valence-electron chi connectivity index (χ3n) is 1.59. The van der Waals surface area contributed by atoms with Crippen molar-refractivity contribution in [2.75, 3.05) is 20.3 Å². The highest BCUT2D eigenvalue weighted by Gasteiger charge is 2.06. The first kappa shape index (κ1) is 10.1. The molecule has 0 saturated heterocycles. The van der Waals surface area contributed by atoms with Crippen molar-refractivity contribution in [2.24, 2.45) is 5.73 Å². The molecule has 0 radical (unpaired) electrons. The van der Waals surface area contributed by atoms with Gasteiger partial charge < -0.3 is 19.6 Å². The van der Waals surface area contributed by atoms with E-state index in [0.29, 0.717) is 25.7 Å². The SMILES string of the molecule is COCc1ccoc1OCCCN. The van der Waals surface area contributed by atoms with Crippen LogP contribution in [0, 0.1) is 0 Å². The first-order valence-electron chi connectivity index (χ1n) is 4.26. The summed E-state index contributed by atoms with van der Waals surface area (Å²) < 4.78 is 15.4. The Bertz CT molecular complexity index is 235. The van der Waals surface area contributed by atoms with Gasteiger partial charge in [-0.1, -0.05) is 0 Å². The first-order chi connectivity index (χ1) is 6.38. The van der Waals surface area contributed by atoms with E-state index in [1.54, 1.807) is 13.4 Å². The van der Waals surface area contributed by atoms with Crippen LogP contribution in [0.2, 0.25) is 0 Å². The first-order valence-corrected chi connectivity index (χ1v) is 4.26. The molecular formula is C9H15NO3. The average Bonchev–Trinajstić information content (AvgIpc) is 2.54. The fraction of sp³-hybridized carbons (Fsp3) is 0.556. The predicted molar refractivity (Wildman–Crippen MR) is 48.6 cm³/mol. The quantitative estimate of drug-likeness (QED) is 0.675. The Morgan fingerprint density at radius 1 is 1.54 bits per heavy atom. The van der Waals surface area contributed by atoms with Gasteiger partial charge in [0.25, 0.3) is 5.95 Å². The number of furan rings is 1. The summed E-state index contributed by atoms with van der Waals surface area (Å²) in [5.41, 5.74) is 6.26. The molecule has 0 atom stereocenters. The van der Waals surface area contributed by atoms with E-state index >= 15 is 0 Å². The number of ether oxygens (including phenoxy) is 2. The molecule has 0 amide bonds. The van der Waals surface area contributed by atoms with E-state index < -0.39 is 0 Å². The van der Waals surface area contributed by atoms with Gasteiger partial charge in [-0.3, -0.25) is 0 Å². The largest absolute Gasteiger partial charge is 0.465 e. The van der Waals surface area contributed by atoms with Gasteiger partial charge in [-0.15, -0.1) is 0 Å². The Kier molecular flexibility index (Phi) is 4.35. The van der Waals surface area contributed by atoms with Crippen molar-refractivity contribution in [1.29, 1.82) is 0 Å². The molecule has 74 valence electrons. The van der Waals surface area contributed by atoms with E-state index in [4.69, 9.17) is 19.6 Å². The molecule has 0 spiro atoms. The predicted octanol–water partition coefficient (Wildman–Crippen LogP) is 1.15. The standard InChI is InChI=1S/C9H15NO3/c1-11-7-8-3-6-13-9(8)12-5-2-4-10/h3,6H,2,4-5,7,10H2,1H3. The molecule has 1 rings (SSSR count). The lowest BCUT2D eigenvalue weighted by Gasteiger charge is -2.03. The van der Waals surface area contributed by atoms with Gasteiger partial charge in [0.1, 0.15) is 0 Å². The zero-order valence-electron chi connectivity index (χ0n) is 7.79. The highest BCUT2D eigenvalue weighted by molar-refractivity contribution is 5.21. The Morgan fingerprint density at radius 3 is 3.08 bits per heavy atom. The lowest BCUT2D eigenvalue weighted by Crippen LogP contribution is -2.06. The molecule has 0 bridgehead atoms. The number of hydrogen-bond acceptors (Lipinski definition) is 4. The zero-order chi connectivity index (χ0) is 9.52. The maximum Gasteiger partial charge on any atom is 0.289 e. The van der Waals surface area contributed by atoms with E-state index in [0.717, 1.165) is 12.0 Å². The zero-order valence-corrected chi connectivity index (χ0v) is 7.79. The minimum atomic E-state index is 0.508. The third-order valence-corrected chi connectivity index (χ3v) is 1.59. The van der Waals surface area contributed by atoms with Gasteiger partial charge in [-0.05, 0) is 19.0 Å². The van der Waals surface area contributed by atoms with Crippen LogP contribution in [-0.4, -0.2) is 20.3 Å². The molecule has 0 aliphatic heterocycles. The summed E-state index contributed by atoms with van der Waals surface area (Å²) in [6, 6.07) is 1.83. The van der Waals surface area contributed by atoms with Crippen LogP contribution in [0.4, 0.5) is 0 Å². The van der Waals surface area contributed by atoms with Gasteiger partial charge in [-0.25, -0.2) is 0 Å². The van der Waals surface area contributed by atoms with Crippen molar-refractivity contribution < 1.29 is 13.9 Å². The van der Waals surface area contributed by atoms with Crippen LogP contribution in [0.1, 0.15) is 12.0 Å². The van der Waals surface area contributed by atoms with Crippen LogP contribution in [0.3, 0.4) is 0 Å². The van der Waals surface area contributed by atoms with Crippen molar-refractivity contribution in [2.45, 2.75) is 13.0 Å². The fourth-order valence-electron chi connectivity index (χ4n) is 0.959. The minimum Gasteiger partial charge on any atom is -0.465 e. The summed E-state index contributed by atoms with van der Waals surface area (Å²) in [6.45, 7) is 1.72. The Hall–Kier alpha value is -1.00. The molecule has 0 fully saturated rings. The Labute approximate surface area is 77.6 Å². The summed E-state index contributed by atoms with van der Waals surface area (Å²) >= 11 is 0. The highest BCUT2D eigenvalue weighted by atomic mass is 16.6. The summed E-state index contributed by atoms with van der Waals surface area (Å²) in [4.78, 5) is 0. The van der Waals surface area contributed by atoms with Gasteiger partial charge in [0.05, 0.1) is 25.0 Å². The number of nitrogens with two attached hydrogens (primary N) is 1. The molecule has 4 heteroatoms. The molecule has 1 aromatic rings. The number of hydrogen-bond donors (Lipinski definition) is 1. The fourth-order valence-corrected chi connectivity index (χ4v) is 0.959. The van der Waals surface area contributed by atoms with Crippen LogP contribution in [0.15, 0.2) is 16.7 Å². The van der Waals surface area contributed by atoms with Gasteiger partial charge in [-0.2, -0.15) is 0 Å². The molecule has 1 aromatic heterocycles. The van der Waals surface area contributed by atoms with E-state index in [2.05, 4.69) is 0 Å². The maximum atomic E-state index is 5.34. The second-order valence-electron chi connectivity index (χ2n) is 2.66.